The van der Waals surface area contributed by atoms with E-state index in [-0.39, 0.29) is 38.7 Å². The largest absolute Gasteiger partial charge is 2.00 e. The number of aliphatic hydroxyl groups is 1. The minimum Gasteiger partial charge on any atom is -1.00 e. The van der Waals surface area contributed by atoms with E-state index in [1.165, 1.54) is 0 Å². The number of hydrogen-bond donors (Lipinski definition) is 3. The quantitative estimate of drug-likeness (QED) is 0.507. The van der Waals surface area contributed by atoms with E-state index in [1.807, 2.05) is 0 Å². The maximum atomic E-state index is 9.95. The predicted octanol–water partition coefficient (Wildman–Crippen LogP) is -0.469. The zero-order valence-electron chi connectivity index (χ0n) is 8.56. The standard InChI is InChI=1S/C6H10O5.Mg.2H/c7-4(3-6(10)11)1-2-5(8)9;;;/h4,7H,1-3H2,(H,8,9)(H,10,11);;;/q;+2;2*-1. The van der Waals surface area contributed by atoms with Crippen LogP contribution in [0.4, 0.5) is 0 Å². The number of aliphatic carboxylic acids is 2. The Morgan fingerprint density at radius 2 is 1.75 bits per heavy atom. The number of hydrogen-bond acceptors (Lipinski definition) is 3. The smallest absolute Gasteiger partial charge is 1.00 e. The van der Waals surface area contributed by atoms with Crippen molar-refractivity contribution in [3.05, 3.63) is 0 Å². The maximum Gasteiger partial charge on any atom is 2.00 e. The summed E-state index contributed by atoms with van der Waals surface area (Å²) >= 11 is 0. The molecule has 68 valence electrons. The van der Waals surface area contributed by atoms with Crippen LogP contribution < -0.4 is 0 Å². The number of carbonyl (C=O) groups is 2. The molecule has 0 spiro atoms. The van der Waals surface area contributed by atoms with Gasteiger partial charge in [0.25, 0.3) is 0 Å². The third kappa shape index (κ3) is 9.67. The number of aliphatic hydroxyl groups excluding tert-OH is 1. The Balaban J connectivity index is -0.000000167. The van der Waals surface area contributed by atoms with Gasteiger partial charge >= 0.3 is 35.0 Å². The Morgan fingerprint density at radius 3 is 2.08 bits per heavy atom. The van der Waals surface area contributed by atoms with Crippen LogP contribution in [0.5, 0.6) is 0 Å². The fraction of sp³-hybridized carbons (Fsp3) is 0.667. The summed E-state index contributed by atoms with van der Waals surface area (Å²) in [4.78, 5) is 19.9. The van der Waals surface area contributed by atoms with Gasteiger partial charge in [0.1, 0.15) is 0 Å². The third-order valence-electron chi connectivity index (χ3n) is 1.10. The van der Waals surface area contributed by atoms with Gasteiger partial charge in [-0.1, -0.05) is 0 Å². The van der Waals surface area contributed by atoms with E-state index in [4.69, 9.17) is 15.3 Å². The maximum absolute atomic E-state index is 9.95. The number of rotatable bonds is 5. The monoisotopic (exact) mass is 188 g/mol. The first kappa shape index (κ1) is 14.2. The van der Waals surface area contributed by atoms with E-state index >= 15 is 0 Å². The molecule has 5 nitrogen and oxygen atoms in total. The molecule has 0 aromatic heterocycles. The van der Waals surface area contributed by atoms with Crippen LogP contribution in [0.25, 0.3) is 0 Å². The van der Waals surface area contributed by atoms with E-state index in [0.717, 1.165) is 0 Å². The molecule has 0 fully saturated rings. The first-order valence-electron chi connectivity index (χ1n) is 3.14. The molecule has 0 aromatic carbocycles. The van der Waals surface area contributed by atoms with Crippen molar-refractivity contribution in [3.63, 3.8) is 0 Å². The molecular formula is C6H12MgO5. The van der Waals surface area contributed by atoms with E-state index < -0.39 is 24.5 Å². The van der Waals surface area contributed by atoms with Crippen molar-refractivity contribution in [1.29, 1.82) is 0 Å². The molecule has 0 radical (unpaired) electrons. The molecule has 3 N–H and O–H groups in total. The fourth-order valence-corrected chi connectivity index (χ4v) is 0.594. The van der Waals surface area contributed by atoms with Gasteiger partial charge in [-0.15, -0.1) is 0 Å². The molecule has 0 saturated carbocycles. The van der Waals surface area contributed by atoms with Crippen LogP contribution in [0.3, 0.4) is 0 Å². The van der Waals surface area contributed by atoms with Gasteiger partial charge in [-0.2, -0.15) is 0 Å². The van der Waals surface area contributed by atoms with Gasteiger partial charge in [0, 0.05) is 6.42 Å². The summed E-state index contributed by atoms with van der Waals surface area (Å²) in [5.41, 5.74) is 0. The fourth-order valence-electron chi connectivity index (χ4n) is 0.594. The minimum atomic E-state index is -1.12. The van der Waals surface area contributed by atoms with Crippen molar-refractivity contribution < 1.29 is 27.8 Å². The van der Waals surface area contributed by atoms with Gasteiger partial charge in [-0.25, -0.2) is 0 Å². The summed E-state index contributed by atoms with van der Waals surface area (Å²) in [5, 5.41) is 25.1. The molecule has 1 atom stereocenters. The van der Waals surface area contributed by atoms with Crippen molar-refractivity contribution in [1.82, 2.24) is 0 Å². The van der Waals surface area contributed by atoms with Crippen LogP contribution >= 0.6 is 0 Å². The second kappa shape index (κ2) is 7.32. The minimum absolute atomic E-state index is 0. The van der Waals surface area contributed by atoms with E-state index in [2.05, 4.69) is 0 Å². The van der Waals surface area contributed by atoms with E-state index in [0.29, 0.717) is 0 Å². The SMILES string of the molecule is O=C(O)CCC(O)CC(=O)O.[H-].[H-].[Mg+2]. The van der Waals surface area contributed by atoms with E-state index in [9.17, 15) is 9.59 Å². The van der Waals surface area contributed by atoms with Crippen LogP contribution in [0.2, 0.25) is 0 Å². The van der Waals surface area contributed by atoms with Gasteiger partial charge in [-0.05, 0) is 6.42 Å². The van der Waals surface area contributed by atoms with Gasteiger partial charge < -0.3 is 18.2 Å². The molecule has 0 aromatic rings. The zero-order valence-corrected chi connectivity index (χ0v) is 7.98. The second-order valence-corrected chi connectivity index (χ2v) is 2.18. The Hall–Kier alpha value is -0.334. The van der Waals surface area contributed by atoms with Crippen molar-refractivity contribution in [2.45, 2.75) is 25.4 Å². The average Bonchev–Trinajstić information content (AvgIpc) is 1.82. The third-order valence-corrected chi connectivity index (χ3v) is 1.10. The Kier molecular flexibility index (Phi) is 8.67. The number of carboxylic acids is 2. The second-order valence-electron chi connectivity index (χ2n) is 2.18. The van der Waals surface area contributed by atoms with Crippen LogP contribution in [-0.2, 0) is 9.59 Å². The molecule has 0 rings (SSSR count). The summed E-state index contributed by atoms with van der Waals surface area (Å²) in [5.74, 6) is -2.16. The molecular weight excluding hydrogens is 176 g/mol. The summed E-state index contributed by atoms with van der Waals surface area (Å²) in [7, 11) is 0. The molecule has 12 heavy (non-hydrogen) atoms. The topological polar surface area (TPSA) is 94.8 Å². The van der Waals surface area contributed by atoms with Gasteiger partial charge in [0.05, 0.1) is 12.5 Å². The van der Waals surface area contributed by atoms with Gasteiger partial charge in [-0.3, -0.25) is 9.59 Å². The predicted molar refractivity (Wildman–Crippen MR) is 43.1 cm³/mol. The first-order chi connectivity index (χ1) is 5.02. The molecule has 0 saturated heterocycles. The molecule has 1 unspecified atom stereocenters. The average molecular weight is 188 g/mol. The summed E-state index contributed by atoms with van der Waals surface area (Å²) in [6, 6.07) is 0. The molecule has 0 aliphatic heterocycles. The van der Waals surface area contributed by atoms with Crippen LogP contribution in [0.15, 0.2) is 0 Å². The van der Waals surface area contributed by atoms with Crippen molar-refractivity contribution >= 4 is 35.0 Å². The molecule has 6 heteroatoms. The Morgan fingerprint density at radius 1 is 1.25 bits per heavy atom. The molecule has 0 bridgehead atoms. The van der Waals surface area contributed by atoms with Gasteiger partial charge in [0.15, 0.2) is 0 Å². The van der Waals surface area contributed by atoms with Crippen molar-refractivity contribution in [3.8, 4) is 0 Å². The van der Waals surface area contributed by atoms with Crippen LogP contribution in [0.1, 0.15) is 22.1 Å². The first-order valence-corrected chi connectivity index (χ1v) is 3.14. The van der Waals surface area contributed by atoms with Crippen LogP contribution in [-0.4, -0.2) is 56.4 Å². The normalized spacial score (nSPS) is 11.4. The van der Waals surface area contributed by atoms with Crippen molar-refractivity contribution in [2.75, 3.05) is 0 Å². The van der Waals surface area contributed by atoms with Crippen molar-refractivity contribution in [2.24, 2.45) is 0 Å². The zero-order chi connectivity index (χ0) is 8.85. The summed E-state index contributed by atoms with van der Waals surface area (Å²) < 4.78 is 0. The van der Waals surface area contributed by atoms with Crippen LogP contribution in [0, 0.1) is 0 Å². The number of carboxylic acid groups (broad SMARTS) is 2. The summed E-state index contributed by atoms with van der Waals surface area (Å²) in [6.07, 6.45) is -1.66. The molecule has 0 heterocycles. The van der Waals surface area contributed by atoms with Gasteiger partial charge in [0.2, 0.25) is 0 Å². The van der Waals surface area contributed by atoms with E-state index in [1.54, 1.807) is 0 Å². The molecule has 0 aliphatic rings. The molecule has 0 amide bonds. The summed E-state index contributed by atoms with van der Waals surface area (Å²) in [6.45, 7) is 0. The Labute approximate surface area is 88.5 Å². The Bertz CT molecular complexity index is 166. The molecule has 0 aliphatic carbocycles.